The molecular weight excluding hydrogens is 294 g/mol. The lowest BCUT2D eigenvalue weighted by atomic mass is 10.0. The molecule has 0 spiro atoms. The van der Waals surface area contributed by atoms with E-state index in [0.29, 0.717) is 12.1 Å². The Labute approximate surface area is 109 Å². The highest BCUT2D eigenvalue weighted by molar-refractivity contribution is 7.98. The zero-order valence-corrected chi connectivity index (χ0v) is 10.5. The first kappa shape index (κ1) is 16.2. The van der Waals surface area contributed by atoms with E-state index in [4.69, 9.17) is 0 Å². The second-order valence-electron chi connectivity index (χ2n) is 3.81. The summed E-state index contributed by atoms with van der Waals surface area (Å²) in [6.07, 6.45) is -9.58. The van der Waals surface area contributed by atoms with Crippen LogP contribution in [0.1, 0.15) is 22.8 Å². The Morgan fingerprint density at radius 2 is 1.42 bits per heavy atom. The van der Waals surface area contributed by atoms with E-state index < -0.39 is 35.1 Å². The van der Waals surface area contributed by atoms with Crippen LogP contribution < -0.4 is 0 Å². The van der Waals surface area contributed by atoms with Gasteiger partial charge in [0.25, 0.3) is 0 Å². The van der Waals surface area contributed by atoms with Gasteiger partial charge in [-0.05, 0) is 30.0 Å². The lowest BCUT2D eigenvalue weighted by Gasteiger charge is -2.16. The molecule has 0 aliphatic heterocycles. The third kappa shape index (κ3) is 4.31. The van der Waals surface area contributed by atoms with Crippen molar-refractivity contribution >= 4 is 11.8 Å². The number of rotatable bonds is 3. The van der Waals surface area contributed by atoms with Gasteiger partial charge < -0.3 is 5.11 Å². The van der Waals surface area contributed by atoms with Crippen LogP contribution >= 0.6 is 11.8 Å². The zero-order valence-electron chi connectivity index (χ0n) is 9.64. The molecule has 0 heterocycles. The predicted octanol–water partition coefficient (Wildman–Crippen LogP) is 4.12. The van der Waals surface area contributed by atoms with Gasteiger partial charge in [-0.3, -0.25) is 0 Å². The van der Waals surface area contributed by atoms with Crippen LogP contribution in [0.2, 0.25) is 0 Å². The molecule has 1 rings (SSSR count). The Balaban J connectivity index is 3.33. The fraction of sp³-hybridized carbons (Fsp3) is 0.455. The molecule has 0 aliphatic carbocycles. The molecule has 1 atom stereocenters. The third-order valence-corrected chi connectivity index (χ3v) is 2.97. The second-order valence-corrected chi connectivity index (χ2v) is 4.72. The van der Waals surface area contributed by atoms with Crippen molar-refractivity contribution < 1.29 is 31.4 Å². The normalized spacial score (nSPS) is 14.5. The minimum absolute atomic E-state index is 0.0125. The standard InChI is InChI=1S/C11H10F6OS/c1-19-5-9(18)6-2-7(10(12,13)14)4-8(3-6)11(15,16)17/h2-4,9,18H,5H2,1H3. The van der Waals surface area contributed by atoms with Gasteiger partial charge in [-0.15, -0.1) is 0 Å². The highest BCUT2D eigenvalue weighted by Crippen LogP contribution is 2.37. The van der Waals surface area contributed by atoms with Gasteiger partial charge in [-0.2, -0.15) is 38.1 Å². The van der Waals surface area contributed by atoms with Gasteiger partial charge in [0, 0.05) is 5.75 Å². The maximum atomic E-state index is 12.5. The summed E-state index contributed by atoms with van der Waals surface area (Å²) in [7, 11) is 0. The molecule has 108 valence electrons. The van der Waals surface area contributed by atoms with Gasteiger partial charge in [0.2, 0.25) is 0 Å². The highest BCUT2D eigenvalue weighted by atomic mass is 32.2. The molecule has 0 saturated carbocycles. The molecule has 0 aliphatic rings. The van der Waals surface area contributed by atoms with Crippen LogP contribution in [-0.4, -0.2) is 17.1 Å². The van der Waals surface area contributed by atoms with E-state index in [0.717, 1.165) is 11.8 Å². The predicted molar refractivity (Wildman–Crippen MR) is 59.8 cm³/mol. The van der Waals surface area contributed by atoms with Crippen molar-refractivity contribution in [3.63, 3.8) is 0 Å². The number of hydrogen-bond acceptors (Lipinski definition) is 2. The summed E-state index contributed by atoms with van der Waals surface area (Å²) in [5.74, 6) is 0.0125. The van der Waals surface area contributed by atoms with E-state index in [9.17, 15) is 31.4 Å². The van der Waals surface area contributed by atoms with Crippen molar-refractivity contribution in [3.8, 4) is 0 Å². The number of aliphatic hydroxyl groups is 1. The van der Waals surface area contributed by atoms with Crippen LogP contribution in [0.4, 0.5) is 26.3 Å². The lowest BCUT2D eigenvalue weighted by Crippen LogP contribution is -2.13. The van der Waals surface area contributed by atoms with E-state index in [1.807, 2.05) is 0 Å². The Morgan fingerprint density at radius 3 is 1.74 bits per heavy atom. The maximum Gasteiger partial charge on any atom is 0.416 e. The summed E-state index contributed by atoms with van der Waals surface area (Å²) < 4.78 is 75.2. The highest BCUT2D eigenvalue weighted by Gasteiger charge is 2.37. The molecular formula is C11H10F6OS. The second kappa shape index (κ2) is 5.62. The molecule has 1 nitrogen and oxygen atoms in total. The number of hydrogen-bond donors (Lipinski definition) is 1. The largest absolute Gasteiger partial charge is 0.416 e. The lowest BCUT2D eigenvalue weighted by molar-refractivity contribution is -0.143. The van der Waals surface area contributed by atoms with Gasteiger partial charge in [-0.25, -0.2) is 0 Å². The molecule has 0 fully saturated rings. The van der Waals surface area contributed by atoms with Crippen LogP contribution in [0.25, 0.3) is 0 Å². The summed E-state index contributed by atoms with van der Waals surface area (Å²) >= 11 is 1.12. The van der Waals surface area contributed by atoms with Gasteiger partial charge >= 0.3 is 12.4 Å². The fourth-order valence-electron chi connectivity index (χ4n) is 1.43. The van der Waals surface area contributed by atoms with Gasteiger partial charge in [0.1, 0.15) is 0 Å². The quantitative estimate of drug-likeness (QED) is 0.848. The molecule has 19 heavy (non-hydrogen) atoms. The van der Waals surface area contributed by atoms with Crippen molar-refractivity contribution in [2.75, 3.05) is 12.0 Å². The Hall–Kier alpha value is -0.890. The smallest absolute Gasteiger partial charge is 0.388 e. The van der Waals surface area contributed by atoms with Crippen LogP contribution in [0.15, 0.2) is 18.2 Å². The molecule has 0 aromatic heterocycles. The van der Waals surface area contributed by atoms with Crippen molar-refractivity contribution in [2.24, 2.45) is 0 Å². The Kier molecular flexibility index (Phi) is 4.78. The van der Waals surface area contributed by atoms with E-state index in [1.165, 1.54) is 0 Å². The molecule has 1 aromatic rings. The fourth-order valence-corrected chi connectivity index (χ4v) is 1.93. The minimum atomic E-state index is -4.89. The summed E-state index contributed by atoms with van der Waals surface area (Å²) in [5, 5.41) is 9.55. The number of halogens is 6. The first-order valence-corrected chi connectivity index (χ1v) is 6.41. The molecule has 1 N–H and O–H groups in total. The van der Waals surface area contributed by atoms with E-state index >= 15 is 0 Å². The summed E-state index contributed by atoms with van der Waals surface area (Å²) in [6.45, 7) is 0. The third-order valence-electron chi connectivity index (χ3n) is 2.32. The van der Waals surface area contributed by atoms with E-state index in [2.05, 4.69) is 0 Å². The molecule has 0 amide bonds. The van der Waals surface area contributed by atoms with Crippen molar-refractivity contribution in [1.29, 1.82) is 0 Å². The first-order chi connectivity index (χ1) is 8.55. The number of aliphatic hydroxyl groups excluding tert-OH is 1. The van der Waals surface area contributed by atoms with Gasteiger partial charge in [0.15, 0.2) is 0 Å². The monoisotopic (exact) mass is 304 g/mol. The number of thioether (sulfide) groups is 1. The summed E-state index contributed by atoms with van der Waals surface area (Å²) in [4.78, 5) is 0. The Bertz CT molecular complexity index is 408. The number of benzene rings is 1. The zero-order chi connectivity index (χ0) is 14.8. The molecule has 1 aromatic carbocycles. The average molecular weight is 304 g/mol. The summed E-state index contributed by atoms with van der Waals surface area (Å²) in [5.41, 5.74) is -3.23. The molecule has 0 saturated heterocycles. The van der Waals surface area contributed by atoms with Gasteiger partial charge in [-0.1, -0.05) is 0 Å². The van der Waals surface area contributed by atoms with E-state index in [-0.39, 0.29) is 11.8 Å². The average Bonchev–Trinajstić information content (AvgIpc) is 2.26. The molecule has 0 bridgehead atoms. The Morgan fingerprint density at radius 1 is 1.00 bits per heavy atom. The van der Waals surface area contributed by atoms with Crippen LogP contribution in [0.3, 0.4) is 0 Å². The maximum absolute atomic E-state index is 12.5. The van der Waals surface area contributed by atoms with Crippen LogP contribution in [0, 0.1) is 0 Å². The summed E-state index contributed by atoms with van der Waals surface area (Å²) in [6, 6.07) is 1.11. The van der Waals surface area contributed by atoms with Gasteiger partial charge in [0.05, 0.1) is 17.2 Å². The van der Waals surface area contributed by atoms with Crippen molar-refractivity contribution in [3.05, 3.63) is 34.9 Å². The minimum Gasteiger partial charge on any atom is -0.388 e. The van der Waals surface area contributed by atoms with E-state index in [1.54, 1.807) is 6.26 Å². The van der Waals surface area contributed by atoms with Crippen molar-refractivity contribution in [2.45, 2.75) is 18.5 Å². The SMILES string of the molecule is CSCC(O)c1cc(C(F)(F)F)cc(C(F)(F)F)c1. The molecule has 1 unspecified atom stereocenters. The van der Waals surface area contributed by atoms with Crippen LogP contribution in [-0.2, 0) is 12.4 Å². The number of alkyl halides is 6. The van der Waals surface area contributed by atoms with Crippen molar-refractivity contribution in [1.82, 2.24) is 0 Å². The van der Waals surface area contributed by atoms with Crippen LogP contribution in [0.5, 0.6) is 0 Å². The molecule has 8 heteroatoms. The topological polar surface area (TPSA) is 20.2 Å². The molecule has 0 radical (unpaired) electrons. The first-order valence-electron chi connectivity index (χ1n) is 5.02.